The van der Waals surface area contributed by atoms with Crippen molar-refractivity contribution in [3.05, 3.63) is 82.0 Å². The number of hydrogen-bond acceptors (Lipinski definition) is 4. The first-order chi connectivity index (χ1) is 19.3. The smallest absolute Gasteiger partial charge is 0.242 e. The first-order valence-electron chi connectivity index (χ1n) is 14.6. The zero-order valence-electron chi connectivity index (χ0n) is 24.2. The highest BCUT2D eigenvalue weighted by atomic mass is 19.1. The van der Waals surface area contributed by atoms with Gasteiger partial charge < -0.3 is 14.2 Å². The maximum absolute atomic E-state index is 13.7. The lowest BCUT2D eigenvalue weighted by atomic mass is 10.1. The minimum Gasteiger partial charge on any atom is -0.464 e. The van der Waals surface area contributed by atoms with Crippen molar-refractivity contribution in [2.45, 2.75) is 85.2 Å². The summed E-state index contributed by atoms with van der Waals surface area (Å²) in [4.78, 5) is 43.3. The van der Waals surface area contributed by atoms with E-state index in [0.29, 0.717) is 35.4 Å². The van der Waals surface area contributed by atoms with Gasteiger partial charge in [0.25, 0.3) is 0 Å². The second-order valence-electron chi connectivity index (χ2n) is 11.0. The summed E-state index contributed by atoms with van der Waals surface area (Å²) in [6.45, 7) is 7.00. The Balaban J connectivity index is 1.78. The van der Waals surface area contributed by atoms with E-state index < -0.39 is 0 Å². The number of carbonyl (C=O) groups is 2. The monoisotopic (exact) mass is 550 g/mol. The molecule has 0 aliphatic rings. The SMILES string of the molecule is CCCCCCCCC(=O)N(CCC(C)C)CC(=O)N(Cc1ccc(F)cc1)Cc1coc2ccccc2c1=O. The van der Waals surface area contributed by atoms with Gasteiger partial charge in [0.05, 0.1) is 30.3 Å². The van der Waals surface area contributed by atoms with Crippen LogP contribution in [0.2, 0.25) is 0 Å². The Morgan fingerprint density at radius 3 is 2.30 bits per heavy atom. The Bertz CT molecular complexity index is 1290. The topological polar surface area (TPSA) is 70.8 Å². The lowest BCUT2D eigenvalue weighted by molar-refractivity contribution is -0.141. The first kappa shape index (κ1) is 31.1. The van der Waals surface area contributed by atoms with Crippen LogP contribution in [0.25, 0.3) is 11.0 Å². The van der Waals surface area contributed by atoms with Crippen LogP contribution < -0.4 is 5.43 Å². The maximum Gasteiger partial charge on any atom is 0.242 e. The summed E-state index contributed by atoms with van der Waals surface area (Å²) in [6, 6.07) is 12.9. The average Bonchev–Trinajstić information content (AvgIpc) is 2.94. The van der Waals surface area contributed by atoms with Gasteiger partial charge >= 0.3 is 0 Å². The van der Waals surface area contributed by atoms with Gasteiger partial charge in [-0.05, 0) is 48.6 Å². The van der Waals surface area contributed by atoms with Crippen molar-refractivity contribution in [2.24, 2.45) is 5.92 Å². The number of benzene rings is 2. The number of amides is 2. The van der Waals surface area contributed by atoms with Gasteiger partial charge in [-0.2, -0.15) is 0 Å². The number of unbranched alkanes of at least 4 members (excludes halogenated alkanes) is 5. The molecule has 0 radical (unpaired) electrons. The predicted molar refractivity (Wildman–Crippen MR) is 157 cm³/mol. The highest BCUT2D eigenvalue weighted by Crippen LogP contribution is 2.16. The van der Waals surface area contributed by atoms with Gasteiger partial charge in [-0.25, -0.2) is 4.39 Å². The zero-order chi connectivity index (χ0) is 28.9. The molecule has 2 amide bonds. The molecular formula is C33H43FN2O4. The molecule has 2 aromatic carbocycles. The van der Waals surface area contributed by atoms with E-state index in [4.69, 9.17) is 4.42 Å². The van der Waals surface area contributed by atoms with Crippen molar-refractivity contribution in [1.82, 2.24) is 9.80 Å². The van der Waals surface area contributed by atoms with Crippen LogP contribution in [0.4, 0.5) is 4.39 Å². The van der Waals surface area contributed by atoms with Crippen molar-refractivity contribution in [3.8, 4) is 0 Å². The quantitative estimate of drug-likeness (QED) is 0.179. The van der Waals surface area contributed by atoms with Gasteiger partial charge in [0, 0.05) is 19.5 Å². The number of nitrogens with zero attached hydrogens (tertiary/aromatic N) is 2. The van der Waals surface area contributed by atoms with Crippen molar-refractivity contribution in [1.29, 1.82) is 0 Å². The van der Waals surface area contributed by atoms with Crippen LogP contribution in [-0.2, 0) is 22.7 Å². The number of hydrogen-bond donors (Lipinski definition) is 0. The first-order valence-corrected chi connectivity index (χ1v) is 14.6. The second kappa shape index (κ2) is 15.9. The lowest BCUT2D eigenvalue weighted by Crippen LogP contribution is -2.43. The van der Waals surface area contributed by atoms with E-state index in [1.807, 2.05) is 0 Å². The van der Waals surface area contributed by atoms with Crippen LogP contribution >= 0.6 is 0 Å². The fourth-order valence-electron chi connectivity index (χ4n) is 4.66. The number of para-hydroxylation sites is 1. The molecule has 216 valence electrons. The van der Waals surface area contributed by atoms with Crippen molar-refractivity contribution in [3.63, 3.8) is 0 Å². The fourth-order valence-corrected chi connectivity index (χ4v) is 4.66. The Morgan fingerprint density at radius 2 is 1.57 bits per heavy atom. The number of rotatable bonds is 16. The molecule has 40 heavy (non-hydrogen) atoms. The molecule has 0 bridgehead atoms. The van der Waals surface area contributed by atoms with Crippen LogP contribution in [0.5, 0.6) is 0 Å². The van der Waals surface area contributed by atoms with Gasteiger partial charge in [-0.3, -0.25) is 14.4 Å². The van der Waals surface area contributed by atoms with Gasteiger partial charge in [-0.1, -0.05) is 77.1 Å². The lowest BCUT2D eigenvalue weighted by Gasteiger charge is -2.28. The van der Waals surface area contributed by atoms with Gasteiger partial charge in [-0.15, -0.1) is 0 Å². The number of fused-ring (bicyclic) bond motifs is 1. The largest absolute Gasteiger partial charge is 0.464 e. The van der Waals surface area contributed by atoms with Crippen molar-refractivity contribution >= 4 is 22.8 Å². The fraction of sp³-hybridized carbons (Fsp3) is 0.485. The number of carbonyl (C=O) groups excluding carboxylic acids is 2. The molecule has 1 heterocycles. The minimum absolute atomic E-state index is 0.0172. The third-order valence-electron chi connectivity index (χ3n) is 7.15. The summed E-state index contributed by atoms with van der Waals surface area (Å²) in [5, 5.41) is 0.446. The summed E-state index contributed by atoms with van der Waals surface area (Å²) in [7, 11) is 0. The maximum atomic E-state index is 13.7. The van der Waals surface area contributed by atoms with E-state index >= 15 is 0 Å². The normalized spacial score (nSPS) is 11.2. The van der Waals surface area contributed by atoms with E-state index in [9.17, 15) is 18.8 Å². The van der Waals surface area contributed by atoms with Crippen molar-refractivity contribution in [2.75, 3.05) is 13.1 Å². The second-order valence-corrected chi connectivity index (χ2v) is 11.0. The molecule has 0 spiro atoms. The predicted octanol–water partition coefficient (Wildman–Crippen LogP) is 7.09. The molecule has 1 aromatic heterocycles. The summed E-state index contributed by atoms with van der Waals surface area (Å²) >= 11 is 0. The third-order valence-corrected chi connectivity index (χ3v) is 7.15. The van der Waals surface area contributed by atoms with E-state index in [-0.39, 0.29) is 42.7 Å². The molecule has 6 nitrogen and oxygen atoms in total. The van der Waals surface area contributed by atoms with Gasteiger partial charge in [0.2, 0.25) is 11.8 Å². The molecule has 7 heteroatoms. The van der Waals surface area contributed by atoms with Crippen LogP contribution in [0.3, 0.4) is 0 Å². The van der Waals surface area contributed by atoms with E-state index in [2.05, 4.69) is 20.8 Å². The van der Waals surface area contributed by atoms with Crippen LogP contribution in [0.15, 0.2) is 64.0 Å². The molecule has 3 rings (SSSR count). The Morgan fingerprint density at radius 1 is 0.875 bits per heavy atom. The molecule has 0 aliphatic carbocycles. The highest BCUT2D eigenvalue weighted by Gasteiger charge is 2.23. The van der Waals surface area contributed by atoms with Crippen LogP contribution in [-0.4, -0.2) is 34.7 Å². The molecule has 0 fully saturated rings. The molecule has 0 unspecified atom stereocenters. The van der Waals surface area contributed by atoms with Crippen LogP contribution in [0.1, 0.15) is 83.3 Å². The Kier molecular flexibility index (Phi) is 12.4. The summed E-state index contributed by atoms with van der Waals surface area (Å²) in [5.41, 5.74) is 1.36. The molecule has 0 atom stereocenters. The summed E-state index contributed by atoms with van der Waals surface area (Å²) in [5.74, 6) is -0.262. The number of halogens is 1. The van der Waals surface area contributed by atoms with Gasteiger partial charge in [0.1, 0.15) is 11.4 Å². The van der Waals surface area contributed by atoms with Crippen molar-refractivity contribution < 1.29 is 18.4 Å². The molecule has 0 aliphatic heterocycles. The molecule has 3 aromatic rings. The highest BCUT2D eigenvalue weighted by molar-refractivity contribution is 5.85. The van der Waals surface area contributed by atoms with E-state index in [0.717, 1.165) is 31.2 Å². The standard InChI is InChI=1S/C33H43FN2O4/c1-4-5-6-7-8-9-14-31(37)35(20-19-25(2)3)23-32(38)36(21-26-15-17-28(34)18-16-26)22-27-24-40-30-13-11-10-12-29(30)33(27)39/h10-13,15-18,24-25H,4-9,14,19-23H2,1-3H3. The molecule has 0 saturated heterocycles. The van der Waals surface area contributed by atoms with E-state index in [1.165, 1.54) is 37.7 Å². The Labute approximate surface area is 237 Å². The Hall–Kier alpha value is -3.48. The van der Waals surface area contributed by atoms with Gasteiger partial charge in [0.15, 0.2) is 5.43 Å². The third kappa shape index (κ3) is 9.61. The molecular weight excluding hydrogens is 507 g/mol. The molecule has 0 N–H and O–H groups in total. The molecule has 0 saturated carbocycles. The minimum atomic E-state index is -0.364. The summed E-state index contributed by atoms with van der Waals surface area (Å²) < 4.78 is 19.2. The average molecular weight is 551 g/mol. The van der Waals surface area contributed by atoms with Crippen LogP contribution in [0, 0.1) is 11.7 Å². The van der Waals surface area contributed by atoms with E-state index in [1.54, 1.807) is 46.2 Å². The summed E-state index contributed by atoms with van der Waals surface area (Å²) in [6.07, 6.45) is 9.12. The zero-order valence-corrected chi connectivity index (χ0v) is 24.2.